The van der Waals surface area contributed by atoms with Crippen LogP contribution in [0.4, 0.5) is 8.78 Å². The molecule has 134 valence electrons. The molecule has 2 aromatic carbocycles. The van der Waals surface area contributed by atoms with E-state index < -0.39 is 0 Å². The first-order valence-corrected chi connectivity index (χ1v) is 8.34. The molecule has 2 nitrogen and oxygen atoms in total. The van der Waals surface area contributed by atoms with Gasteiger partial charge in [-0.3, -0.25) is 0 Å². The van der Waals surface area contributed by atoms with Crippen molar-refractivity contribution in [2.45, 2.75) is 41.5 Å². The molecule has 0 aliphatic carbocycles. The van der Waals surface area contributed by atoms with Crippen molar-refractivity contribution in [2.75, 3.05) is 13.2 Å². The number of rotatable bonds is 5. The fourth-order valence-electron chi connectivity index (χ4n) is 1.85. The SMILES string of the molecule is CC.CC.Cc1cc(F)ccc1OCCOc1ccc(F)cc1C. The van der Waals surface area contributed by atoms with E-state index in [4.69, 9.17) is 9.47 Å². The monoisotopic (exact) mass is 338 g/mol. The van der Waals surface area contributed by atoms with E-state index in [1.165, 1.54) is 24.3 Å². The number of ether oxygens (including phenoxy) is 2. The van der Waals surface area contributed by atoms with Crippen molar-refractivity contribution in [1.29, 1.82) is 0 Å². The molecule has 2 aromatic rings. The van der Waals surface area contributed by atoms with Crippen molar-refractivity contribution < 1.29 is 18.3 Å². The highest BCUT2D eigenvalue weighted by molar-refractivity contribution is 5.33. The Morgan fingerprint density at radius 3 is 1.29 bits per heavy atom. The van der Waals surface area contributed by atoms with Crippen LogP contribution in [-0.2, 0) is 0 Å². The van der Waals surface area contributed by atoms with Gasteiger partial charge in [0.2, 0.25) is 0 Å². The van der Waals surface area contributed by atoms with Crippen LogP contribution in [0.15, 0.2) is 36.4 Å². The van der Waals surface area contributed by atoms with Crippen LogP contribution in [0.5, 0.6) is 11.5 Å². The van der Waals surface area contributed by atoms with Gasteiger partial charge in [-0.1, -0.05) is 27.7 Å². The molecule has 0 bridgehead atoms. The topological polar surface area (TPSA) is 18.5 Å². The van der Waals surface area contributed by atoms with Crippen molar-refractivity contribution in [2.24, 2.45) is 0 Å². The second-order valence-electron chi connectivity index (χ2n) is 4.52. The molecule has 0 aliphatic heterocycles. The van der Waals surface area contributed by atoms with Crippen LogP contribution in [0.1, 0.15) is 38.8 Å². The number of hydrogen-bond donors (Lipinski definition) is 0. The van der Waals surface area contributed by atoms with Gasteiger partial charge in [-0.2, -0.15) is 0 Å². The highest BCUT2D eigenvalue weighted by atomic mass is 19.1. The summed E-state index contributed by atoms with van der Waals surface area (Å²) in [5.41, 5.74) is 1.48. The molecule has 0 N–H and O–H groups in total. The largest absolute Gasteiger partial charge is 0.490 e. The standard InChI is InChI=1S/C16H16F2O2.2C2H6/c1-11-9-13(17)3-5-15(11)19-7-8-20-16-6-4-14(18)10-12(16)2;2*1-2/h3-6,9-10H,7-8H2,1-2H3;2*1-2H3. The zero-order chi connectivity index (χ0) is 18.5. The van der Waals surface area contributed by atoms with Gasteiger partial charge in [0.15, 0.2) is 0 Å². The Bertz CT molecular complexity index is 545. The highest BCUT2D eigenvalue weighted by Gasteiger charge is 2.03. The molecule has 2 rings (SSSR count). The van der Waals surface area contributed by atoms with E-state index in [9.17, 15) is 8.78 Å². The molecular formula is C20H28F2O2. The average Bonchev–Trinajstić information content (AvgIpc) is 2.58. The lowest BCUT2D eigenvalue weighted by Crippen LogP contribution is -2.10. The summed E-state index contributed by atoms with van der Waals surface area (Å²) in [7, 11) is 0. The molecule has 0 saturated carbocycles. The summed E-state index contributed by atoms with van der Waals surface area (Å²) in [5.74, 6) is 0.692. The van der Waals surface area contributed by atoms with Gasteiger partial charge >= 0.3 is 0 Å². The molecule has 0 unspecified atom stereocenters. The lowest BCUT2D eigenvalue weighted by atomic mass is 10.2. The smallest absolute Gasteiger partial charge is 0.123 e. The second-order valence-corrected chi connectivity index (χ2v) is 4.52. The maximum Gasteiger partial charge on any atom is 0.123 e. The maximum absolute atomic E-state index is 12.9. The molecule has 0 amide bonds. The summed E-state index contributed by atoms with van der Waals surface area (Å²) in [5, 5.41) is 0. The molecule has 0 radical (unpaired) electrons. The van der Waals surface area contributed by atoms with E-state index in [-0.39, 0.29) is 11.6 Å². The Balaban J connectivity index is 0.00000123. The van der Waals surface area contributed by atoms with Crippen LogP contribution in [0.2, 0.25) is 0 Å². The van der Waals surface area contributed by atoms with E-state index in [0.29, 0.717) is 24.7 Å². The van der Waals surface area contributed by atoms with Gasteiger partial charge in [-0.15, -0.1) is 0 Å². The number of aryl methyl sites for hydroxylation is 2. The number of hydrogen-bond acceptors (Lipinski definition) is 2. The third kappa shape index (κ3) is 7.44. The summed E-state index contributed by atoms with van der Waals surface area (Å²) >= 11 is 0. The van der Waals surface area contributed by atoms with Crippen LogP contribution < -0.4 is 9.47 Å². The Kier molecular flexibility index (Phi) is 11.3. The summed E-state index contributed by atoms with van der Waals surface area (Å²) < 4.78 is 36.9. The van der Waals surface area contributed by atoms with Gasteiger partial charge in [0, 0.05) is 0 Å². The Morgan fingerprint density at radius 2 is 1.00 bits per heavy atom. The molecule has 0 atom stereocenters. The van der Waals surface area contributed by atoms with Crippen molar-refractivity contribution >= 4 is 0 Å². The van der Waals surface area contributed by atoms with E-state index in [1.807, 2.05) is 27.7 Å². The van der Waals surface area contributed by atoms with Gasteiger partial charge in [0.25, 0.3) is 0 Å². The van der Waals surface area contributed by atoms with Crippen molar-refractivity contribution in [3.8, 4) is 11.5 Å². The molecule has 0 fully saturated rings. The van der Waals surface area contributed by atoms with E-state index in [2.05, 4.69) is 0 Å². The van der Waals surface area contributed by atoms with E-state index in [1.54, 1.807) is 26.0 Å². The Hall–Kier alpha value is -2.10. The molecular weight excluding hydrogens is 310 g/mol. The zero-order valence-electron chi connectivity index (χ0n) is 15.5. The minimum absolute atomic E-state index is 0.284. The molecule has 0 aliphatic rings. The second kappa shape index (κ2) is 12.3. The van der Waals surface area contributed by atoms with Gasteiger partial charge in [0.05, 0.1) is 0 Å². The number of halogens is 2. The van der Waals surface area contributed by atoms with E-state index in [0.717, 1.165) is 11.1 Å². The van der Waals surface area contributed by atoms with Gasteiger partial charge in [0.1, 0.15) is 36.3 Å². The van der Waals surface area contributed by atoms with Crippen LogP contribution in [0.25, 0.3) is 0 Å². The quantitative estimate of drug-likeness (QED) is 0.614. The molecule has 0 aromatic heterocycles. The van der Waals surface area contributed by atoms with Crippen molar-refractivity contribution in [3.05, 3.63) is 59.2 Å². The molecule has 0 spiro atoms. The van der Waals surface area contributed by atoms with Crippen LogP contribution in [0.3, 0.4) is 0 Å². The first-order valence-electron chi connectivity index (χ1n) is 8.34. The third-order valence-corrected chi connectivity index (χ3v) is 2.87. The highest BCUT2D eigenvalue weighted by Crippen LogP contribution is 2.20. The van der Waals surface area contributed by atoms with Gasteiger partial charge in [-0.05, 0) is 61.4 Å². The first-order chi connectivity index (χ1) is 11.6. The fourth-order valence-corrected chi connectivity index (χ4v) is 1.85. The minimum atomic E-state index is -0.284. The molecule has 4 heteroatoms. The normalized spacial score (nSPS) is 9.17. The number of benzene rings is 2. The minimum Gasteiger partial charge on any atom is -0.490 e. The van der Waals surface area contributed by atoms with Gasteiger partial charge < -0.3 is 9.47 Å². The fraction of sp³-hybridized carbons (Fsp3) is 0.400. The van der Waals surface area contributed by atoms with Crippen LogP contribution in [0, 0.1) is 25.5 Å². The zero-order valence-corrected chi connectivity index (χ0v) is 15.5. The molecule has 0 saturated heterocycles. The molecule has 24 heavy (non-hydrogen) atoms. The van der Waals surface area contributed by atoms with Crippen LogP contribution >= 0.6 is 0 Å². The average molecular weight is 338 g/mol. The third-order valence-electron chi connectivity index (χ3n) is 2.87. The predicted molar refractivity (Wildman–Crippen MR) is 96.0 cm³/mol. The summed E-state index contributed by atoms with van der Waals surface area (Å²) in [6, 6.07) is 8.73. The summed E-state index contributed by atoms with van der Waals surface area (Å²) in [6.07, 6.45) is 0. The van der Waals surface area contributed by atoms with Crippen molar-refractivity contribution in [3.63, 3.8) is 0 Å². The molecule has 0 heterocycles. The van der Waals surface area contributed by atoms with Gasteiger partial charge in [-0.25, -0.2) is 8.78 Å². The summed E-state index contributed by atoms with van der Waals surface area (Å²) in [4.78, 5) is 0. The van der Waals surface area contributed by atoms with Crippen LogP contribution in [-0.4, -0.2) is 13.2 Å². The summed E-state index contributed by atoms with van der Waals surface area (Å²) in [6.45, 7) is 12.2. The lowest BCUT2D eigenvalue weighted by Gasteiger charge is -2.11. The van der Waals surface area contributed by atoms with E-state index >= 15 is 0 Å². The van der Waals surface area contributed by atoms with Crippen molar-refractivity contribution in [1.82, 2.24) is 0 Å². The first kappa shape index (κ1) is 21.9. The lowest BCUT2D eigenvalue weighted by molar-refractivity contribution is 0.215. The predicted octanol–water partition coefficient (Wildman–Crippen LogP) is 6.09. The Labute approximate surface area is 144 Å². The Morgan fingerprint density at radius 1 is 0.667 bits per heavy atom. The maximum atomic E-state index is 12.9.